The van der Waals surface area contributed by atoms with Crippen molar-refractivity contribution >= 4 is 31.4 Å². The van der Waals surface area contributed by atoms with E-state index in [0.717, 1.165) is 0 Å². The topological polar surface area (TPSA) is 190 Å². The van der Waals surface area contributed by atoms with E-state index in [4.69, 9.17) is 33.5 Å². The van der Waals surface area contributed by atoms with E-state index in [1.807, 2.05) is 0 Å². The maximum absolute atomic E-state index is 12.5. The summed E-state index contributed by atoms with van der Waals surface area (Å²) in [7, 11) is -4.40. The molecule has 2 aromatic heterocycles. The standard InChI is InChI=1S/C25H28N5O9P/c1-14(2)36-24(32)17-7-5-4-6-16(17)10-34-40(33)35-11-19-21(39-40)22(37-15(3)31)25(12-26,38-19)20-9-8-18-23(27)28-13-29-30(18)20/h4-9,13-14,19,21-22,33,40H,10-11H2,1-3H3,(H2,27,28,29)/t19-,21-,22-,25+/m1/s1. The second-order valence-electron chi connectivity index (χ2n) is 9.51. The van der Waals surface area contributed by atoms with Gasteiger partial charge < -0.3 is 0 Å². The Morgan fingerprint density at radius 3 is 2.83 bits per heavy atom. The van der Waals surface area contributed by atoms with Gasteiger partial charge in [0.2, 0.25) is 0 Å². The van der Waals surface area contributed by atoms with Crippen molar-refractivity contribution in [3.63, 3.8) is 0 Å². The Morgan fingerprint density at radius 2 is 2.10 bits per heavy atom. The van der Waals surface area contributed by atoms with E-state index in [9.17, 15) is 19.7 Å². The summed E-state index contributed by atoms with van der Waals surface area (Å²) < 4.78 is 35.6. The molecular formula is C25H28N5O9P. The van der Waals surface area contributed by atoms with Gasteiger partial charge >= 0.3 is 229 Å². The molecule has 15 heteroatoms. The number of rotatable bonds is 7. The summed E-state index contributed by atoms with van der Waals surface area (Å²) in [5.41, 5.74) is 5.38. The van der Waals surface area contributed by atoms with Crippen LogP contribution in [0.25, 0.3) is 5.52 Å². The summed E-state index contributed by atoms with van der Waals surface area (Å²) in [5, 5.41) is 14.6. The fraction of sp³-hybridized carbons (Fsp3) is 0.400. The number of nitrogen functional groups attached to an aromatic ring is 1. The number of anilines is 1. The summed E-state index contributed by atoms with van der Waals surface area (Å²) in [5.74, 6) is -1.08. The summed E-state index contributed by atoms with van der Waals surface area (Å²) in [6.45, 7) is 4.17. The summed E-state index contributed by atoms with van der Waals surface area (Å²) in [6.07, 6.45) is -2.51. The molecule has 14 nitrogen and oxygen atoms in total. The van der Waals surface area contributed by atoms with Crippen LogP contribution in [-0.4, -0.2) is 62.5 Å². The van der Waals surface area contributed by atoms with E-state index < -0.39 is 44.0 Å². The number of nitrogens with two attached hydrogens (primary N) is 1. The molecule has 212 valence electrons. The van der Waals surface area contributed by atoms with E-state index in [1.54, 1.807) is 50.2 Å². The first-order valence-corrected chi connectivity index (χ1v) is 14.1. The number of hydrogen-bond acceptors (Lipinski definition) is 13. The van der Waals surface area contributed by atoms with Gasteiger partial charge in [0.05, 0.1) is 0 Å². The quantitative estimate of drug-likeness (QED) is 0.308. The molecule has 4 atom stereocenters. The Bertz CT molecular complexity index is 1490. The molecule has 0 bridgehead atoms. The van der Waals surface area contributed by atoms with E-state index in [-0.39, 0.29) is 36.4 Å². The first-order chi connectivity index (χ1) is 19.1. The summed E-state index contributed by atoms with van der Waals surface area (Å²) in [4.78, 5) is 39.9. The predicted molar refractivity (Wildman–Crippen MR) is 138 cm³/mol. The fourth-order valence-electron chi connectivity index (χ4n) is 4.74. The number of ether oxygens (including phenoxy) is 3. The van der Waals surface area contributed by atoms with Gasteiger partial charge in [0, 0.05) is 0 Å². The molecule has 5 rings (SSSR count). The van der Waals surface area contributed by atoms with Gasteiger partial charge in [0.1, 0.15) is 0 Å². The number of nitrogens with zero attached hydrogens (tertiary/aromatic N) is 4. The molecule has 40 heavy (non-hydrogen) atoms. The number of esters is 2. The van der Waals surface area contributed by atoms with E-state index in [0.29, 0.717) is 11.1 Å². The van der Waals surface area contributed by atoms with Crippen molar-refractivity contribution in [2.24, 2.45) is 0 Å². The number of aromatic nitrogens is 3. The number of carbonyl (C=O) groups is 2. The Kier molecular flexibility index (Phi) is 7.45. The average molecular weight is 573 g/mol. The van der Waals surface area contributed by atoms with E-state index in [1.165, 1.54) is 17.8 Å². The van der Waals surface area contributed by atoms with Crippen molar-refractivity contribution in [3.05, 3.63) is 59.5 Å². The Balaban J connectivity index is 1.43. The molecule has 0 spiro atoms. The van der Waals surface area contributed by atoms with Crippen LogP contribution in [0.3, 0.4) is 0 Å². The van der Waals surface area contributed by atoms with Crippen LogP contribution in [0.2, 0.25) is 0 Å². The Labute approximate surface area is 229 Å². The first kappa shape index (κ1) is 27.9. The van der Waals surface area contributed by atoms with Gasteiger partial charge in [-0.25, -0.2) is 0 Å². The molecule has 0 unspecified atom stereocenters. The molecule has 3 aromatic rings. The van der Waals surface area contributed by atoms with Gasteiger partial charge in [-0.2, -0.15) is 0 Å². The summed E-state index contributed by atoms with van der Waals surface area (Å²) in [6, 6.07) is 11.9. The van der Waals surface area contributed by atoms with E-state index >= 15 is 0 Å². The van der Waals surface area contributed by atoms with Crippen molar-refractivity contribution in [1.29, 1.82) is 5.26 Å². The van der Waals surface area contributed by atoms with Gasteiger partial charge in [-0.15, -0.1) is 0 Å². The number of nitriles is 1. The molecule has 4 heterocycles. The van der Waals surface area contributed by atoms with Crippen LogP contribution in [0.15, 0.2) is 42.7 Å². The average Bonchev–Trinajstić information content (AvgIpc) is 3.48. The molecule has 0 radical (unpaired) electrons. The zero-order chi connectivity index (χ0) is 28.7. The first-order valence-electron chi connectivity index (χ1n) is 12.4. The van der Waals surface area contributed by atoms with Crippen LogP contribution >= 0.6 is 8.17 Å². The van der Waals surface area contributed by atoms with Crippen molar-refractivity contribution < 1.29 is 42.3 Å². The molecular weight excluding hydrogens is 545 g/mol. The number of fused-ring (bicyclic) bond motifs is 2. The molecule has 1 aromatic carbocycles. The van der Waals surface area contributed by atoms with Crippen LogP contribution in [0.1, 0.15) is 42.4 Å². The van der Waals surface area contributed by atoms with Crippen LogP contribution in [0, 0.1) is 11.3 Å². The monoisotopic (exact) mass is 573 g/mol. The Morgan fingerprint density at radius 1 is 1.32 bits per heavy atom. The number of carbonyl (C=O) groups excluding carboxylic acids is 2. The predicted octanol–water partition coefficient (Wildman–Crippen LogP) is 1.96. The molecule has 2 aliphatic rings. The third-order valence-corrected chi connectivity index (χ3v) is 8.04. The third-order valence-electron chi connectivity index (χ3n) is 6.43. The molecule has 2 fully saturated rings. The minimum absolute atomic E-state index is 0.168. The SMILES string of the molecule is CC(=O)O[C@@H]1[C@@H]2O[PH](O)(OCc3ccccc3C(=O)OC(C)C)OC[C@H]2O[C@@]1(C#N)c1ccc2c(N)ncnn12. The molecule has 0 aliphatic carbocycles. The van der Waals surface area contributed by atoms with Crippen LogP contribution in [0.4, 0.5) is 5.82 Å². The maximum atomic E-state index is 12.5. The third kappa shape index (κ3) is 4.99. The number of benzene rings is 1. The van der Waals surface area contributed by atoms with Crippen molar-refractivity contribution in [1.82, 2.24) is 14.6 Å². The van der Waals surface area contributed by atoms with Gasteiger partial charge in [-0.3, -0.25) is 0 Å². The number of hydrogen-bond donors (Lipinski definition) is 2. The zero-order valence-electron chi connectivity index (χ0n) is 21.8. The van der Waals surface area contributed by atoms with Crippen LogP contribution in [-0.2, 0) is 44.8 Å². The van der Waals surface area contributed by atoms with Gasteiger partial charge in [-0.1, -0.05) is 0 Å². The molecule has 0 saturated carbocycles. The fourth-order valence-corrected chi connectivity index (χ4v) is 6.29. The van der Waals surface area contributed by atoms with Gasteiger partial charge in [0.25, 0.3) is 0 Å². The second kappa shape index (κ2) is 10.7. The molecule has 0 amide bonds. The second-order valence-corrected chi connectivity index (χ2v) is 11.4. The zero-order valence-corrected chi connectivity index (χ0v) is 22.8. The van der Waals surface area contributed by atoms with Crippen molar-refractivity contribution in [2.75, 3.05) is 12.3 Å². The minimum atomic E-state index is -4.40. The molecule has 2 aliphatic heterocycles. The van der Waals surface area contributed by atoms with Crippen LogP contribution in [0.5, 0.6) is 0 Å². The molecule has 2 saturated heterocycles. The van der Waals surface area contributed by atoms with Crippen molar-refractivity contribution in [2.45, 2.75) is 57.4 Å². The van der Waals surface area contributed by atoms with Gasteiger partial charge in [-0.05, 0) is 0 Å². The molecule has 3 N–H and O–H groups in total. The van der Waals surface area contributed by atoms with E-state index in [2.05, 4.69) is 16.2 Å². The summed E-state index contributed by atoms with van der Waals surface area (Å²) >= 11 is 0. The van der Waals surface area contributed by atoms with Gasteiger partial charge in [0.15, 0.2) is 0 Å². The Hall–Kier alpha value is -3.70. The van der Waals surface area contributed by atoms with Crippen LogP contribution < -0.4 is 5.73 Å². The van der Waals surface area contributed by atoms with Crippen molar-refractivity contribution in [3.8, 4) is 6.07 Å². The normalized spacial score (nSPS) is 26.1.